The Hall–Kier alpha value is -2.37. The van der Waals surface area contributed by atoms with Crippen molar-refractivity contribution in [3.05, 3.63) is 35.9 Å². The van der Waals surface area contributed by atoms with Crippen molar-refractivity contribution in [2.45, 2.75) is 131 Å². The van der Waals surface area contributed by atoms with E-state index in [0.717, 1.165) is 68.9 Å². The SMILES string of the molecule is COC(=O)CC(NC(=O)CCCCCCCCNC(=O)[C@H]1C[C@]2(C)C(CCC(C)C2(C)C)C2C1CC[C@H]2C(C)C)c1ccccc1. The molecule has 3 aliphatic rings. The second kappa shape index (κ2) is 16.2. The quantitative estimate of drug-likeness (QED) is 0.149. The lowest BCUT2D eigenvalue weighted by molar-refractivity contribution is -0.164. The molecule has 2 N–H and O–H groups in total. The molecule has 8 atom stereocenters. The van der Waals surface area contributed by atoms with E-state index in [2.05, 4.69) is 52.2 Å². The standard InChI is InChI=1S/C40H64N2O4/c1-27(2)30-21-22-31-32(26-40(6)33(37(30)31)23-20-28(3)39(40,4)5)38(45)41-24-16-11-9-8-10-15-19-35(43)42-34(25-36(44)46-7)29-17-13-12-14-18-29/h12-14,17-18,27-28,30-34,37H,8-11,15-16,19-26H2,1-7H3,(H,41,45)(H,42,43)/t28?,30-,31?,32-,33?,34?,37?,40+/m0/s1. The van der Waals surface area contributed by atoms with Gasteiger partial charge in [-0.3, -0.25) is 14.4 Å². The van der Waals surface area contributed by atoms with Crippen LogP contribution < -0.4 is 10.6 Å². The summed E-state index contributed by atoms with van der Waals surface area (Å²) in [5, 5.41) is 6.42. The van der Waals surface area contributed by atoms with Crippen molar-refractivity contribution < 1.29 is 19.1 Å². The van der Waals surface area contributed by atoms with Gasteiger partial charge in [0.15, 0.2) is 0 Å². The second-order valence-corrected chi connectivity index (χ2v) is 16.2. The first-order chi connectivity index (χ1) is 21.9. The molecule has 0 radical (unpaired) electrons. The normalized spacial score (nSPS) is 30.6. The van der Waals surface area contributed by atoms with E-state index in [-0.39, 0.29) is 41.1 Å². The third-order valence-corrected chi connectivity index (χ3v) is 13.3. The van der Waals surface area contributed by atoms with Gasteiger partial charge < -0.3 is 15.4 Å². The van der Waals surface area contributed by atoms with Crippen LogP contribution in [0.5, 0.6) is 0 Å². The highest BCUT2D eigenvalue weighted by molar-refractivity contribution is 5.79. The molecule has 1 aromatic carbocycles. The predicted molar refractivity (Wildman–Crippen MR) is 186 cm³/mol. The number of methoxy groups -OCH3 is 1. The molecule has 0 saturated heterocycles. The topological polar surface area (TPSA) is 84.5 Å². The van der Waals surface area contributed by atoms with Gasteiger partial charge in [-0.1, -0.05) is 97.6 Å². The smallest absolute Gasteiger partial charge is 0.307 e. The summed E-state index contributed by atoms with van der Waals surface area (Å²) in [4.78, 5) is 38.3. The Bertz CT molecular complexity index is 1150. The number of hydrogen-bond acceptors (Lipinski definition) is 4. The fraction of sp³-hybridized carbons (Fsp3) is 0.775. The Morgan fingerprint density at radius 3 is 2.26 bits per heavy atom. The number of nitrogens with one attached hydrogen (secondary N) is 2. The van der Waals surface area contributed by atoms with Crippen molar-refractivity contribution in [1.82, 2.24) is 10.6 Å². The Labute approximate surface area is 280 Å². The summed E-state index contributed by atoms with van der Waals surface area (Å²) in [7, 11) is 1.37. The molecule has 0 spiro atoms. The van der Waals surface area contributed by atoms with Crippen LogP contribution in [-0.2, 0) is 19.1 Å². The number of benzene rings is 1. The molecule has 6 heteroatoms. The highest BCUT2D eigenvalue weighted by atomic mass is 16.5. The maximum Gasteiger partial charge on any atom is 0.307 e. The van der Waals surface area contributed by atoms with Gasteiger partial charge >= 0.3 is 5.97 Å². The molecular formula is C40H64N2O4. The largest absolute Gasteiger partial charge is 0.469 e. The van der Waals surface area contributed by atoms with Gasteiger partial charge in [-0.25, -0.2) is 0 Å². The van der Waals surface area contributed by atoms with Crippen molar-refractivity contribution in [2.24, 2.45) is 52.3 Å². The number of unbranched alkanes of at least 4 members (excludes halogenated alkanes) is 5. The molecule has 3 fully saturated rings. The van der Waals surface area contributed by atoms with Crippen LogP contribution in [0.4, 0.5) is 0 Å². The number of carbonyl (C=O) groups is 3. The summed E-state index contributed by atoms with van der Waals surface area (Å²) in [6, 6.07) is 9.21. The van der Waals surface area contributed by atoms with E-state index in [1.165, 1.54) is 32.8 Å². The summed E-state index contributed by atoms with van der Waals surface area (Å²) in [6.07, 6.45) is 13.0. The van der Waals surface area contributed by atoms with Gasteiger partial charge in [0.25, 0.3) is 0 Å². The Kier molecular flexibility index (Phi) is 12.8. The molecule has 3 saturated carbocycles. The lowest BCUT2D eigenvalue weighted by Gasteiger charge is -2.63. The molecule has 0 aliphatic heterocycles. The number of fused-ring (bicyclic) bond motifs is 3. The highest BCUT2D eigenvalue weighted by Crippen LogP contribution is 2.68. The first-order valence-corrected chi connectivity index (χ1v) is 18.6. The van der Waals surface area contributed by atoms with Gasteiger partial charge in [0, 0.05) is 18.9 Å². The van der Waals surface area contributed by atoms with Crippen LogP contribution in [0.2, 0.25) is 0 Å². The van der Waals surface area contributed by atoms with E-state index in [1.54, 1.807) is 0 Å². The van der Waals surface area contributed by atoms with Crippen LogP contribution in [0.3, 0.4) is 0 Å². The minimum absolute atomic E-state index is 0.0290. The predicted octanol–water partition coefficient (Wildman–Crippen LogP) is 8.65. The van der Waals surface area contributed by atoms with Gasteiger partial charge in [-0.15, -0.1) is 0 Å². The number of hydrogen-bond donors (Lipinski definition) is 2. The van der Waals surface area contributed by atoms with Crippen LogP contribution in [0.1, 0.15) is 137 Å². The molecule has 2 amide bonds. The van der Waals surface area contributed by atoms with Crippen LogP contribution in [-0.4, -0.2) is 31.4 Å². The molecule has 3 aliphatic carbocycles. The maximum absolute atomic E-state index is 13.8. The summed E-state index contributed by atoms with van der Waals surface area (Å²) < 4.78 is 4.83. The van der Waals surface area contributed by atoms with Crippen molar-refractivity contribution in [3.8, 4) is 0 Å². The first kappa shape index (κ1) is 36.5. The fourth-order valence-electron chi connectivity index (χ4n) is 9.92. The van der Waals surface area contributed by atoms with Gasteiger partial charge in [-0.2, -0.15) is 0 Å². The Balaban J connectivity index is 1.17. The van der Waals surface area contributed by atoms with Crippen molar-refractivity contribution in [1.29, 1.82) is 0 Å². The third kappa shape index (κ3) is 8.19. The van der Waals surface area contributed by atoms with E-state index < -0.39 is 0 Å². The average molecular weight is 637 g/mol. The summed E-state index contributed by atoms with van der Waals surface area (Å²) in [5.41, 5.74) is 1.37. The van der Waals surface area contributed by atoms with Crippen LogP contribution in [0.25, 0.3) is 0 Å². The van der Waals surface area contributed by atoms with Crippen LogP contribution in [0, 0.1) is 52.3 Å². The van der Waals surface area contributed by atoms with E-state index in [0.29, 0.717) is 36.0 Å². The van der Waals surface area contributed by atoms with E-state index >= 15 is 0 Å². The second-order valence-electron chi connectivity index (χ2n) is 16.2. The molecular weight excluding hydrogens is 572 g/mol. The Morgan fingerprint density at radius 1 is 0.913 bits per heavy atom. The Morgan fingerprint density at radius 2 is 1.59 bits per heavy atom. The zero-order valence-electron chi connectivity index (χ0n) is 30.0. The lowest BCUT2D eigenvalue weighted by Crippen LogP contribution is -2.59. The number of amides is 2. The zero-order chi connectivity index (χ0) is 33.5. The van der Waals surface area contributed by atoms with Crippen molar-refractivity contribution in [3.63, 3.8) is 0 Å². The monoisotopic (exact) mass is 636 g/mol. The fourth-order valence-corrected chi connectivity index (χ4v) is 9.92. The molecule has 1 aromatic rings. The summed E-state index contributed by atoms with van der Waals surface area (Å²) in [6.45, 7) is 15.6. The van der Waals surface area contributed by atoms with Gasteiger partial charge in [0.2, 0.25) is 11.8 Å². The first-order valence-electron chi connectivity index (χ1n) is 18.6. The van der Waals surface area contributed by atoms with Crippen LogP contribution in [0.15, 0.2) is 30.3 Å². The average Bonchev–Trinajstić information content (AvgIpc) is 3.47. The van der Waals surface area contributed by atoms with E-state index in [9.17, 15) is 14.4 Å². The molecule has 0 aromatic heterocycles. The molecule has 5 unspecified atom stereocenters. The number of esters is 1. The molecule has 0 heterocycles. The summed E-state index contributed by atoms with van der Waals surface area (Å²) >= 11 is 0. The molecule has 46 heavy (non-hydrogen) atoms. The minimum atomic E-state index is -0.372. The molecule has 6 nitrogen and oxygen atoms in total. The van der Waals surface area contributed by atoms with Crippen LogP contribution >= 0.6 is 0 Å². The molecule has 0 bridgehead atoms. The van der Waals surface area contributed by atoms with Crippen molar-refractivity contribution >= 4 is 17.8 Å². The maximum atomic E-state index is 13.8. The number of ether oxygens (including phenoxy) is 1. The van der Waals surface area contributed by atoms with E-state index in [1.807, 2.05) is 30.3 Å². The van der Waals surface area contributed by atoms with Gasteiger partial charge in [0.05, 0.1) is 19.6 Å². The number of rotatable bonds is 15. The van der Waals surface area contributed by atoms with E-state index in [4.69, 9.17) is 4.74 Å². The highest BCUT2D eigenvalue weighted by Gasteiger charge is 2.63. The minimum Gasteiger partial charge on any atom is -0.469 e. The van der Waals surface area contributed by atoms with Gasteiger partial charge in [0.1, 0.15) is 0 Å². The van der Waals surface area contributed by atoms with Crippen molar-refractivity contribution in [2.75, 3.05) is 13.7 Å². The summed E-state index contributed by atoms with van der Waals surface area (Å²) in [5.74, 6) is 4.24. The number of carbonyl (C=O) groups excluding carboxylic acids is 3. The third-order valence-electron chi connectivity index (χ3n) is 13.3. The lowest BCUT2D eigenvalue weighted by atomic mass is 9.41. The zero-order valence-corrected chi connectivity index (χ0v) is 30.0. The van der Waals surface area contributed by atoms with Gasteiger partial charge in [-0.05, 0) is 96.8 Å². The molecule has 4 rings (SSSR count). The molecule has 258 valence electrons.